The van der Waals surface area contributed by atoms with Crippen molar-refractivity contribution in [2.24, 2.45) is 0 Å². The summed E-state index contributed by atoms with van der Waals surface area (Å²) in [6, 6.07) is 8.73. The van der Waals surface area contributed by atoms with Gasteiger partial charge < -0.3 is 14.8 Å². The quantitative estimate of drug-likeness (QED) is 0.591. The molecule has 1 rings (SSSR count). The molecule has 0 aliphatic rings. The minimum absolute atomic E-state index is 0.274. The van der Waals surface area contributed by atoms with Crippen LogP contribution < -0.4 is 5.32 Å². The summed E-state index contributed by atoms with van der Waals surface area (Å²) < 4.78 is 10.0. The predicted octanol–water partition coefficient (Wildman–Crippen LogP) is 2.69. The lowest BCUT2D eigenvalue weighted by atomic mass is 10.1. The van der Waals surface area contributed by atoms with Crippen molar-refractivity contribution in [1.82, 2.24) is 5.32 Å². The van der Waals surface area contributed by atoms with Crippen LogP contribution in [0.2, 0.25) is 0 Å². The van der Waals surface area contributed by atoms with E-state index in [2.05, 4.69) is 5.32 Å². The van der Waals surface area contributed by atoms with Crippen molar-refractivity contribution < 1.29 is 19.1 Å². The van der Waals surface area contributed by atoms with Gasteiger partial charge >= 0.3 is 12.1 Å². The van der Waals surface area contributed by atoms with E-state index in [1.807, 2.05) is 37.3 Å². The number of nitrogens with one attached hydrogen (secondary N) is 1. The van der Waals surface area contributed by atoms with Crippen LogP contribution in [0.1, 0.15) is 32.3 Å². The first-order valence-electron chi connectivity index (χ1n) is 7.31. The molecule has 0 saturated carbocycles. The van der Waals surface area contributed by atoms with Crippen LogP contribution in [0.15, 0.2) is 30.3 Å². The van der Waals surface area contributed by atoms with Gasteiger partial charge in [-0.15, -0.1) is 0 Å². The number of hydrogen-bond acceptors (Lipinski definition) is 4. The number of amides is 1. The van der Waals surface area contributed by atoms with Crippen LogP contribution in [0.4, 0.5) is 4.79 Å². The molecule has 5 heteroatoms. The SMILES string of the molecule is CCCCOC(=O)N[C@@H](Cc1ccccc1)C(=O)OCC. The Morgan fingerprint density at radius 1 is 1.14 bits per heavy atom. The van der Waals surface area contributed by atoms with E-state index >= 15 is 0 Å². The van der Waals surface area contributed by atoms with Gasteiger partial charge in [-0.05, 0) is 18.9 Å². The number of benzene rings is 1. The molecule has 0 aliphatic heterocycles. The molecule has 0 radical (unpaired) electrons. The lowest BCUT2D eigenvalue weighted by Crippen LogP contribution is -2.43. The Hall–Kier alpha value is -2.04. The number of carbonyl (C=O) groups is 2. The molecule has 5 nitrogen and oxygen atoms in total. The second-order valence-electron chi connectivity index (χ2n) is 4.63. The average molecular weight is 293 g/mol. The van der Waals surface area contributed by atoms with Crippen molar-refractivity contribution >= 4 is 12.1 Å². The average Bonchev–Trinajstić information content (AvgIpc) is 2.48. The number of ether oxygens (including phenoxy) is 2. The Morgan fingerprint density at radius 3 is 2.48 bits per heavy atom. The number of carbonyl (C=O) groups excluding carboxylic acids is 2. The third kappa shape index (κ3) is 6.79. The Morgan fingerprint density at radius 2 is 1.86 bits per heavy atom. The van der Waals surface area contributed by atoms with Gasteiger partial charge in [0.25, 0.3) is 0 Å². The Bertz CT molecular complexity index is 433. The van der Waals surface area contributed by atoms with Gasteiger partial charge in [-0.2, -0.15) is 0 Å². The molecule has 1 aromatic carbocycles. The van der Waals surface area contributed by atoms with Crippen LogP contribution in [-0.4, -0.2) is 31.3 Å². The topological polar surface area (TPSA) is 64.6 Å². The normalized spacial score (nSPS) is 11.5. The van der Waals surface area contributed by atoms with Crippen LogP contribution >= 0.6 is 0 Å². The van der Waals surface area contributed by atoms with Crippen molar-refractivity contribution in [2.75, 3.05) is 13.2 Å². The Kier molecular flexibility index (Phi) is 7.94. The second-order valence-corrected chi connectivity index (χ2v) is 4.63. The molecule has 0 unspecified atom stereocenters. The van der Waals surface area contributed by atoms with E-state index in [-0.39, 0.29) is 6.61 Å². The van der Waals surface area contributed by atoms with Gasteiger partial charge in [0, 0.05) is 6.42 Å². The van der Waals surface area contributed by atoms with E-state index in [4.69, 9.17) is 9.47 Å². The number of esters is 1. The van der Waals surface area contributed by atoms with Crippen molar-refractivity contribution in [3.8, 4) is 0 Å². The Balaban J connectivity index is 2.60. The monoisotopic (exact) mass is 293 g/mol. The maximum absolute atomic E-state index is 11.9. The lowest BCUT2D eigenvalue weighted by molar-refractivity contribution is -0.145. The fourth-order valence-electron chi connectivity index (χ4n) is 1.78. The molecule has 1 atom stereocenters. The first kappa shape index (κ1) is 17.0. The van der Waals surface area contributed by atoms with Crippen LogP contribution in [0, 0.1) is 0 Å². The van der Waals surface area contributed by atoms with Crippen LogP contribution in [0.25, 0.3) is 0 Å². The molecule has 0 bridgehead atoms. The highest BCUT2D eigenvalue weighted by Gasteiger charge is 2.23. The fraction of sp³-hybridized carbons (Fsp3) is 0.500. The maximum atomic E-state index is 11.9. The van der Waals surface area contributed by atoms with E-state index < -0.39 is 18.1 Å². The van der Waals surface area contributed by atoms with E-state index in [1.165, 1.54) is 0 Å². The summed E-state index contributed by atoms with van der Waals surface area (Å²) in [5, 5.41) is 2.57. The molecular formula is C16H23NO4. The van der Waals surface area contributed by atoms with Crippen molar-refractivity contribution in [2.45, 2.75) is 39.2 Å². The highest BCUT2D eigenvalue weighted by atomic mass is 16.6. The van der Waals surface area contributed by atoms with Gasteiger partial charge in [0.2, 0.25) is 0 Å². The molecule has 0 heterocycles. The molecule has 1 aromatic rings. The summed E-state index contributed by atoms with van der Waals surface area (Å²) in [6.45, 7) is 4.37. The zero-order valence-corrected chi connectivity index (χ0v) is 12.6. The largest absolute Gasteiger partial charge is 0.464 e. The van der Waals surface area contributed by atoms with Crippen LogP contribution in [-0.2, 0) is 20.7 Å². The maximum Gasteiger partial charge on any atom is 0.407 e. The first-order chi connectivity index (χ1) is 10.2. The number of rotatable bonds is 8. The molecule has 1 amide bonds. The zero-order valence-electron chi connectivity index (χ0n) is 12.6. The lowest BCUT2D eigenvalue weighted by Gasteiger charge is -2.17. The van der Waals surface area contributed by atoms with E-state index in [0.29, 0.717) is 13.0 Å². The van der Waals surface area contributed by atoms with E-state index in [0.717, 1.165) is 18.4 Å². The third-order valence-corrected chi connectivity index (χ3v) is 2.88. The molecule has 116 valence electrons. The first-order valence-corrected chi connectivity index (χ1v) is 7.31. The van der Waals surface area contributed by atoms with Gasteiger partial charge in [-0.25, -0.2) is 9.59 Å². The molecule has 0 aliphatic carbocycles. The molecule has 1 N–H and O–H groups in total. The number of alkyl carbamates (subject to hydrolysis) is 1. The summed E-state index contributed by atoms with van der Waals surface area (Å²) in [5.74, 6) is -0.450. The Labute approximate surface area is 125 Å². The summed E-state index contributed by atoms with van der Waals surface area (Å²) in [7, 11) is 0. The highest BCUT2D eigenvalue weighted by Crippen LogP contribution is 2.05. The molecular weight excluding hydrogens is 270 g/mol. The van der Waals surface area contributed by atoms with E-state index in [9.17, 15) is 9.59 Å². The summed E-state index contributed by atoms with van der Waals surface area (Å²) in [5.41, 5.74) is 0.949. The number of unbranched alkanes of at least 4 members (excludes halogenated alkanes) is 1. The van der Waals surface area contributed by atoms with Gasteiger partial charge in [0.15, 0.2) is 0 Å². The standard InChI is InChI=1S/C16H23NO4/c1-3-5-11-21-16(19)17-14(15(18)20-4-2)12-13-9-7-6-8-10-13/h6-10,14H,3-5,11-12H2,1-2H3,(H,17,19)/t14-/m0/s1. The summed E-state index contributed by atoms with van der Waals surface area (Å²) >= 11 is 0. The predicted molar refractivity (Wildman–Crippen MR) is 80.0 cm³/mol. The molecule has 0 saturated heterocycles. The van der Waals surface area contributed by atoms with Crippen LogP contribution in [0.5, 0.6) is 0 Å². The van der Waals surface area contributed by atoms with Gasteiger partial charge in [0.05, 0.1) is 13.2 Å². The second kappa shape index (κ2) is 9.80. The highest BCUT2D eigenvalue weighted by molar-refractivity contribution is 5.81. The molecule has 0 aromatic heterocycles. The van der Waals surface area contributed by atoms with Crippen molar-refractivity contribution in [3.63, 3.8) is 0 Å². The molecule has 0 fully saturated rings. The smallest absolute Gasteiger partial charge is 0.407 e. The van der Waals surface area contributed by atoms with Crippen molar-refractivity contribution in [3.05, 3.63) is 35.9 Å². The summed E-state index contributed by atoms with van der Waals surface area (Å²) in [6.07, 6.45) is 1.54. The van der Waals surface area contributed by atoms with E-state index in [1.54, 1.807) is 6.92 Å². The zero-order chi connectivity index (χ0) is 15.5. The minimum atomic E-state index is -0.735. The van der Waals surface area contributed by atoms with Gasteiger partial charge in [-0.1, -0.05) is 43.7 Å². The summed E-state index contributed by atoms with van der Waals surface area (Å²) in [4.78, 5) is 23.6. The number of hydrogen-bond donors (Lipinski definition) is 1. The molecule has 21 heavy (non-hydrogen) atoms. The van der Waals surface area contributed by atoms with Crippen molar-refractivity contribution in [1.29, 1.82) is 0 Å². The third-order valence-electron chi connectivity index (χ3n) is 2.88. The van der Waals surface area contributed by atoms with Gasteiger partial charge in [-0.3, -0.25) is 0 Å². The van der Waals surface area contributed by atoms with Gasteiger partial charge in [0.1, 0.15) is 6.04 Å². The molecule has 0 spiro atoms. The minimum Gasteiger partial charge on any atom is -0.464 e. The van der Waals surface area contributed by atoms with Crippen LogP contribution in [0.3, 0.4) is 0 Å². The fourth-order valence-corrected chi connectivity index (χ4v) is 1.78.